The molecule has 0 bridgehead atoms. The molecule has 0 atom stereocenters. The Hall–Kier alpha value is -2.54. The van der Waals surface area contributed by atoms with Crippen LogP contribution in [0.25, 0.3) is 0 Å². The molecule has 0 aliphatic carbocycles. The normalized spacial score (nSPS) is 9.65. The lowest BCUT2D eigenvalue weighted by molar-refractivity contribution is 0.465. The van der Waals surface area contributed by atoms with Crippen LogP contribution in [0.5, 0.6) is 11.6 Å². The van der Waals surface area contributed by atoms with Gasteiger partial charge in [-0.25, -0.2) is 4.98 Å². The molecule has 2 rings (SSSR count). The Kier molecular flexibility index (Phi) is 2.93. The van der Waals surface area contributed by atoms with Gasteiger partial charge in [-0.1, -0.05) is 0 Å². The Morgan fingerprint density at radius 3 is 2.59 bits per heavy atom. The van der Waals surface area contributed by atoms with Gasteiger partial charge in [0.25, 0.3) is 0 Å². The van der Waals surface area contributed by atoms with Crippen molar-refractivity contribution in [2.75, 3.05) is 5.73 Å². The SMILES string of the molecule is Cc1ccnc(Oc2ccc(C#N)cc2)c1N. The Balaban J connectivity index is 2.26. The minimum Gasteiger partial charge on any atom is -0.437 e. The molecule has 2 N–H and O–H groups in total. The smallest absolute Gasteiger partial charge is 0.242 e. The number of aromatic nitrogens is 1. The number of nitrogen functional groups attached to an aromatic ring is 1. The van der Waals surface area contributed by atoms with Crippen molar-refractivity contribution in [3.05, 3.63) is 47.7 Å². The van der Waals surface area contributed by atoms with Gasteiger partial charge in [-0.15, -0.1) is 0 Å². The minimum absolute atomic E-state index is 0.384. The summed E-state index contributed by atoms with van der Waals surface area (Å²) >= 11 is 0. The van der Waals surface area contributed by atoms with Crippen LogP contribution in [-0.4, -0.2) is 4.98 Å². The number of nitrogens with zero attached hydrogens (tertiary/aromatic N) is 2. The highest BCUT2D eigenvalue weighted by Crippen LogP contribution is 2.26. The number of hydrogen-bond donors (Lipinski definition) is 1. The maximum Gasteiger partial charge on any atom is 0.242 e. The minimum atomic E-state index is 0.384. The van der Waals surface area contributed by atoms with E-state index in [0.717, 1.165) is 5.56 Å². The van der Waals surface area contributed by atoms with Crippen LogP contribution in [0.2, 0.25) is 0 Å². The van der Waals surface area contributed by atoms with Crippen LogP contribution in [-0.2, 0) is 0 Å². The molecular formula is C13H11N3O. The van der Waals surface area contributed by atoms with E-state index in [1.165, 1.54) is 0 Å². The summed E-state index contributed by atoms with van der Waals surface area (Å²) < 4.78 is 5.54. The van der Waals surface area contributed by atoms with Crippen molar-refractivity contribution in [1.29, 1.82) is 5.26 Å². The molecule has 0 unspecified atom stereocenters. The van der Waals surface area contributed by atoms with Crippen LogP contribution in [0.1, 0.15) is 11.1 Å². The standard InChI is InChI=1S/C13H11N3O/c1-9-6-7-16-13(12(9)15)17-11-4-2-10(8-14)3-5-11/h2-7H,15H2,1H3. The summed E-state index contributed by atoms with van der Waals surface area (Å²) in [4.78, 5) is 4.06. The second-order valence-electron chi connectivity index (χ2n) is 3.58. The molecule has 1 aromatic heterocycles. The number of aryl methyl sites for hydroxylation is 1. The predicted molar refractivity (Wildman–Crippen MR) is 64.6 cm³/mol. The third-order valence-electron chi connectivity index (χ3n) is 2.37. The van der Waals surface area contributed by atoms with Gasteiger partial charge >= 0.3 is 0 Å². The van der Waals surface area contributed by atoms with E-state index in [4.69, 9.17) is 15.7 Å². The number of hydrogen-bond acceptors (Lipinski definition) is 4. The quantitative estimate of drug-likeness (QED) is 0.852. The first kappa shape index (κ1) is 11.0. The Labute approximate surface area is 99.3 Å². The zero-order valence-corrected chi connectivity index (χ0v) is 9.34. The fourth-order valence-electron chi connectivity index (χ4n) is 1.34. The number of nitrogens with two attached hydrogens (primary N) is 1. The van der Waals surface area contributed by atoms with E-state index in [1.54, 1.807) is 30.5 Å². The maximum atomic E-state index is 8.68. The Morgan fingerprint density at radius 1 is 1.24 bits per heavy atom. The summed E-state index contributed by atoms with van der Waals surface area (Å²) in [5, 5.41) is 8.68. The highest BCUT2D eigenvalue weighted by molar-refractivity contribution is 5.55. The molecule has 84 valence electrons. The molecule has 2 aromatic rings. The highest BCUT2D eigenvalue weighted by atomic mass is 16.5. The molecule has 0 amide bonds. The van der Waals surface area contributed by atoms with E-state index in [9.17, 15) is 0 Å². The molecule has 0 spiro atoms. The lowest BCUT2D eigenvalue weighted by Crippen LogP contribution is -1.97. The fraction of sp³-hybridized carbons (Fsp3) is 0.0769. The zero-order chi connectivity index (χ0) is 12.3. The van der Waals surface area contributed by atoms with Gasteiger partial charge in [-0.2, -0.15) is 5.26 Å². The van der Waals surface area contributed by atoms with E-state index >= 15 is 0 Å². The number of pyridine rings is 1. The maximum absolute atomic E-state index is 8.68. The molecule has 1 aromatic carbocycles. The van der Waals surface area contributed by atoms with Gasteiger partial charge in [-0.3, -0.25) is 0 Å². The van der Waals surface area contributed by atoms with Gasteiger partial charge in [0.05, 0.1) is 17.3 Å². The zero-order valence-electron chi connectivity index (χ0n) is 9.34. The summed E-state index contributed by atoms with van der Waals surface area (Å²) in [6.07, 6.45) is 1.64. The lowest BCUT2D eigenvalue weighted by atomic mass is 10.2. The fourth-order valence-corrected chi connectivity index (χ4v) is 1.34. The first-order valence-electron chi connectivity index (χ1n) is 5.10. The molecule has 17 heavy (non-hydrogen) atoms. The second-order valence-corrected chi connectivity index (χ2v) is 3.58. The van der Waals surface area contributed by atoms with Gasteiger partial charge in [0, 0.05) is 6.20 Å². The number of rotatable bonds is 2. The number of anilines is 1. The summed E-state index contributed by atoms with van der Waals surface area (Å²) in [5.74, 6) is 0.989. The van der Waals surface area contributed by atoms with E-state index in [-0.39, 0.29) is 0 Å². The molecule has 0 saturated heterocycles. The monoisotopic (exact) mass is 225 g/mol. The van der Waals surface area contributed by atoms with Crippen molar-refractivity contribution in [3.63, 3.8) is 0 Å². The summed E-state index contributed by atoms with van der Waals surface area (Å²) in [7, 11) is 0. The van der Waals surface area contributed by atoms with E-state index in [0.29, 0.717) is 22.9 Å². The van der Waals surface area contributed by atoms with Gasteiger partial charge in [-0.05, 0) is 42.8 Å². The van der Waals surface area contributed by atoms with E-state index in [2.05, 4.69) is 4.98 Å². The highest BCUT2D eigenvalue weighted by Gasteiger charge is 2.05. The molecule has 1 heterocycles. The molecule has 4 nitrogen and oxygen atoms in total. The summed E-state index contributed by atoms with van der Waals surface area (Å²) in [6.45, 7) is 1.89. The topological polar surface area (TPSA) is 71.9 Å². The number of nitriles is 1. The first-order valence-corrected chi connectivity index (χ1v) is 5.10. The van der Waals surface area contributed by atoms with Crippen molar-refractivity contribution in [1.82, 2.24) is 4.98 Å². The lowest BCUT2D eigenvalue weighted by Gasteiger charge is -2.08. The molecule has 0 aliphatic rings. The average molecular weight is 225 g/mol. The molecule has 0 radical (unpaired) electrons. The Morgan fingerprint density at radius 2 is 1.94 bits per heavy atom. The van der Waals surface area contributed by atoms with Crippen molar-refractivity contribution in [2.45, 2.75) is 6.92 Å². The van der Waals surface area contributed by atoms with Gasteiger partial charge in [0.15, 0.2) is 0 Å². The van der Waals surface area contributed by atoms with Crippen LogP contribution in [0, 0.1) is 18.3 Å². The third kappa shape index (κ3) is 2.34. The molecule has 4 heteroatoms. The number of ether oxygens (including phenoxy) is 1. The van der Waals surface area contributed by atoms with E-state index in [1.807, 2.05) is 19.1 Å². The van der Waals surface area contributed by atoms with Gasteiger partial charge in [0.1, 0.15) is 5.75 Å². The van der Waals surface area contributed by atoms with Crippen LogP contribution in [0.3, 0.4) is 0 Å². The summed E-state index contributed by atoms with van der Waals surface area (Å²) in [5.41, 5.74) is 7.88. The van der Waals surface area contributed by atoms with Crippen molar-refractivity contribution in [2.24, 2.45) is 0 Å². The molecule has 0 aliphatic heterocycles. The largest absolute Gasteiger partial charge is 0.437 e. The number of benzene rings is 1. The molecule has 0 fully saturated rings. The van der Waals surface area contributed by atoms with Gasteiger partial charge in [0.2, 0.25) is 5.88 Å². The Bertz CT molecular complexity index is 570. The third-order valence-corrected chi connectivity index (χ3v) is 2.37. The second kappa shape index (κ2) is 4.54. The summed E-state index contributed by atoms with van der Waals surface area (Å²) in [6, 6.07) is 10.6. The van der Waals surface area contributed by atoms with E-state index < -0.39 is 0 Å². The van der Waals surface area contributed by atoms with Crippen LogP contribution >= 0.6 is 0 Å². The molecule has 0 saturated carbocycles. The average Bonchev–Trinajstić information content (AvgIpc) is 2.36. The van der Waals surface area contributed by atoms with Crippen LogP contribution in [0.4, 0.5) is 5.69 Å². The molecular weight excluding hydrogens is 214 g/mol. The van der Waals surface area contributed by atoms with Gasteiger partial charge < -0.3 is 10.5 Å². The van der Waals surface area contributed by atoms with Crippen LogP contribution < -0.4 is 10.5 Å². The predicted octanol–water partition coefficient (Wildman–Crippen LogP) is 2.64. The van der Waals surface area contributed by atoms with Crippen molar-refractivity contribution in [3.8, 4) is 17.7 Å². The van der Waals surface area contributed by atoms with Crippen molar-refractivity contribution >= 4 is 5.69 Å². The van der Waals surface area contributed by atoms with Crippen molar-refractivity contribution < 1.29 is 4.74 Å². The van der Waals surface area contributed by atoms with Crippen LogP contribution in [0.15, 0.2) is 36.5 Å². The first-order chi connectivity index (χ1) is 8.20.